The molecule has 1 saturated heterocycles. The molecule has 1 aliphatic rings. The van der Waals surface area contributed by atoms with Crippen molar-refractivity contribution in [2.45, 2.75) is 39.3 Å². The molecular formula is C18H30N2O2. The second kappa shape index (κ2) is 8.51. The van der Waals surface area contributed by atoms with Crippen molar-refractivity contribution >= 4 is 5.69 Å². The van der Waals surface area contributed by atoms with E-state index in [9.17, 15) is 5.11 Å². The van der Waals surface area contributed by atoms with E-state index in [4.69, 9.17) is 4.74 Å². The molecule has 2 N–H and O–H groups in total. The summed E-state index contributed by atoms with van der Waals surface area (Å²) in [6.45, 7) is 10.7. The van der Waals surface area contributed by atoms with Gasteiger partial charge in [0.1, 0.15) is 0 Å². The van der Waals surface area contributed by atoms with Gasteiger partial charge < -0.3 is 20.1 Å². The molecule has 4 heteroatoms. The fourth-order valence-corrected chi connectivity index (χ4v) is 2.96. The highest BCUT2D eigenvalue weighted by molar-refractivity contribution is 5.48. The van der Waals surface area contributed by atoms with Gasteiger partial charge in [-0.25, -0.2) is 0 Å². The number of benzene rings is 1. The first-order valence-electron chi connectivity index (χ1n) is 8.40. The zero-order valence-corrected chi connectivity index (χ0v) is 14.1. The molecule has 0 aromatic heterocycles. The predicted molar refractivity (Wildman–Crippen MR) is 91.4 cm³/mol. The molecule has 1 aromatic carbocycles. The summed E-state index contributed by atoms with van der Waals surface area (Å²) < 4.78 is 5.40. The van der Waals surface area contributed by atoms with Crippen molar-refractivity contribution in [2.75, 3.05) is 37.7 Å². The van der Waals surface area contributed by atoms with E-state index in [1.165, 1.54) is 11.3 Å². The van der Waals surface area contributed by atoms with Gasteiger partial charge in [-0.1, -0.05) is 19.1 Å². The van der Waals surface area contributed by atoms with Crippen LogP contribution in [-0.2, 0) is 4.74 Å². The molecule has 0 amide bonds. The fourth-order valence-electron chi connectivity index (χ4n) is 2.96. The third kappa shape index (κ3) is 5.27. The molecule has 0 aliphatic carbocycles. The number of nitrogens with zero attached hydrogens (tertiary/aromatic N) is 1. The monoisotopic (exact) mass is 306 g/mol. The van der Waals surface area contributed by atoms with Gasteiger partial charge in [0.2, 0.25) is 0 Å². The Hall–Kier alpha value is -1.10. The van der Waals surface area contributed by atoms with Crippen LogP contribution >= 0.6 is 0 Å². The Kier molecular flexibility index (Phi) is 6.68. The number of aliphatic hydroxyl groups is 1. The van der Waals surface area contributed by atoms with Gasteiger partial charge in [-0.2, -0.15) is 0 Å². The van der Waals surface area contributed by atoms with Crippen LogP contribution in [0.4, 0.5) is 5.69 Å². The van der Waals surface area contributed by atoms with E-state index in [2.05, 4.69) is 48.3 Å². The first-order chi connectivity index (χ1) is 10.6. The molecule has 1 heterocycles. The summed E-state index contributed by atoms with van der Waals surface area (Å²) in [6.07, 6.45) is 0.621. The Morgan fingerprint density at radius 2 is 1.77 bits per heavy atom. The van der Waals surface area contributed by atoms with E-state index in [-0.39, 0.29) is 6.10 Å². The van der Waals surface area contributed by atoms with E-state index in [1.807, 2.05) is 6.92 Å². The maximum atomic E-state index is 9.42. The molecule has 2 rings (SSSR count). The molecule has 124 valence electrons. The average molecular weight is 306 g/mol. The summed E-state index contributed by atoms with van der Waals surface area (Å²) in [7, 11) is 0. The number of aliphatic hydroxyl groups excluding tert-OH is 1. The lowest BCUT2D eigenvalue weighted by Gasteiger charge is -2.29. The number of morpholine rings is 1. The summed E-state index contributed by atoms with van der Waals surface area (Å²) in [5, 5.41) is 13.0. The average Bonchev–Trinajstić information content (AvgIpc) is 2.53. The molecule has 22 heavy (non-hydrogen) atoms. The fraction of sp³-hybridized carbons (Fsp3) is 0.667. The Balaban J connectivity index is 1.83. The van der Waals surface area contributed by atoms with Crippen LogP contribution < -0.4 is 10.2 Å². The zero-order valence-electron chi connectivity index (χ0n) is 14.1. The van der Waals surface area contributed by atoms with Gasteiger partial charge in [-0.15, -0.1) is 0 Å². The largest absolute Gasteiger partial charge is 0.393 e. The minimum Gasteiger partial charge on any atom is -0.393 e. The maximum absolute atomic E-state index is 9.42. The number of rotatable bonds is 7. The number of anilines is 1. The molecule has 1 aromatic rings. The quantitative estimate of drug-likeness (QED) is 0.813. The summed E-state index contributed by atoms with van der Waals surface area (Å²) in [5.41, 5.74) is 2.59. The summed E-state index contributed by atoms with van der Waals surface area (Å²) in [4.78, 5) is 2.37. The summed E-state index contributed by atoms with van der Waals surface area (Å²) in [6, 6.07) is 9.16. The first kappa shape index (κ1) is 17.3. The molecule has 3 unspecified atom stereocenters. The molecule has 0 radical (unpaired) electrons. The third-order valence-electron chi connectivity index (χ3n) is 4.29. The molecule has 3 atom stereocenters. The molecular weight excluding hydrogens is 276 g/mol. The molecule has 0 saturated carbocycles. The molecule has 4 nitrogen and oxygen atoms in total. The SMILES string of the molecule is CC(O)CC(C)CNC(C)c1ccc(N2CCOCC2)cc1. The lowest BCUT2D eigenvalue weighted by atomic mass is 10.0. The van der Waals surface area contributed by atoms with Gasteiger partial charge in [0, 0.05) is 24.8 Å². The van der Waals surface area contributed by atoms with Gasteiger partial charge in [0.15, 0.2) is 0 Å². The van der Waals surface area contributed by atoms with Crippen molar-refractivity contribution < 1.29 is 9.84 Å². The van der Waals surface area contributed by atoms with Crippen LogP contribution in [-0.4, -0.2) is 44.1 Å². The topological polar surface area (TPSA) is 44.7 Å². The summed E-state index contributed by atoms with van der Waals surface area (Å²) in [5.74, 6) is 0.482. The van der Waals surface area contributed by atoms with Crippen LogP contribution in [0.1, 0.15) is 38.8 Å². The molecule has 0 spiro atoms. The van der Waals surface area contributed by atoms with Crippen LogP contribution in [0.2, 0.25) is 0 Å². The van der Waals surface area contributed by atoms with Gasteiger partial charge in [0.25, 0.3) is 0 Å². The van der Waals surface area contributed by atoms with Crippen LogP contribution in [0.5, 0.6) is 0 Å². The van der Waals surface area contributed by atoms with Crippen LogP contribution in [0.3, 0.4) is 0 Å². The Morgan fingerprint density at radius 3 is 2.36 bits per heavy atom. The lowest BCUT2D eigenvalue weighted by molar-refractivity contribution is 0.122. The standard InChI is InChI=1S/C18H30N2O2/c1-14(12-15(2)21)13-19-16(3)17-4-6-18(7-5-17)20-8-10-22-11-9-20/h4-7,14-16,19,21H,8-13H2,1-3H3. The van der Waals surface area contributed by atoms with Gasteiger partial charge in [-0.3, -0.25) is 0 Å². The van der Waals surface area contributed by atoms with Crippen LogP contribution in [0.25, 0.3) is 0 Å². The highest BCUT2D eigenvalue weighted by Gasteiger charge is 2.13. The van der Waals surface area contributed by atoms with E-state index in [1.54, 1.807) is 0 Å². The van der Waals surface area contributed by atoms with Gasteiger partial charge >= 0.3 is 0 Å². The molecule has 0 bridgehead atoms. The first-order valence-corrected chi connectivity index (χ1v) is 8.40. The molecule has 1 aliphatic heterocycles. The normalized spacial score (nSPS) is 19.7. The Bertz CT molecular complexity index is 427. The Labute approximate surface area is 134 Å². The zero-order chi connectivity index (χ0) is 15.9. The van der Waals surface area contributed by atoms with E-state index in [0.29, 0.717) is 12.0 Å². The van der Waals surface area contributed by atoms with Crippen molar-refractivity contribution in [3.8, 4) is 0 Å². The number of hydrogen-bond acceptors (Lipinski definition) is 4. The highest BCUT2D eigenvalue weighted by Crippen LogP contribution is 2.20. The smallest absolute Gasteiger partial charge is 0.0642 e. The van der Waals surface area contributed by atoms with Crippen molar-refractivity contribution in [3.63, 3.8) is 0 Å². The predicted octanol–water partition coefficient (Wildman–Crippen LogP) is 2.58. The van der Waals surface area contributed by atoms with Crippen LogP contribution in [0.15, 0.2) is 24.3 Å². The van der Waals surface area contributed by atoms with Crippen molar-refractivity contribution in [1.29, 1.82) is 0 Å². The van der Waals surface area contributed by atoms with Crippen molar-refractivity contribution in [2.24, 2.45) is 5.92 Å². The van der Waals surface area contributed by atoms with Crippen molar-refractivity contribution in [1.82, 2.24) is 5.32 Å². The second-order valence-corrected chi connectivity index (χ2v) is 6.51. The lowest BCUT2D eigenvalue weighted by Crippen LogP contribution is -2.36. The second-order valence-electron chi connectivity index (χ2n) is 6.51. The maximum Gasteiger partial charge on any atom is 0.0642 e. The third-order valence-corrected chi connectivity index (χ3v) is 4.29. The Morgan fingerprint density at radius 1 is 1.14 bits per heavy atom. The van der Waals surface area contributed by atoms with E-state index >= 15 is 0 Å². The van der Waals surface area contributed by atoms with E-state index < -0.39 is 0 Å². The van der Waals surface area contributed by atoms with Crippen LogP contribution in [0, 0.1) is 5.92 Å². The number of nitrogens with one attached hydrogen (secondary N) is 1. The minimum atomic E-state index is -0.222. The minimum absolute atomic E-state index is 0.222. The van der Waals surface area contributed by atoms with Gasteiger partial charge in [-0.05, 0) is 50.4 Å². The highest BCUT2D eigenvalue weighted by atomic mass is 16.5. The van der Waals surface area contributed by atoms with Crippen molar-refractivity contribution in [3.05, 3.63) is 29.8 Å². The number of ether oxygens (including phenoxy) is 1. The van der Waals surface area contributed by atoms with Gasteiger partial charge in [0.05, 0.1) is 19.3 Å². The van der Waals surface area contributed by atoms with E-state index in [0.717, 1.165) is 39.3 Å². The summed E-state index contributed by atoms with van der Waals surface area (Å²) >= 11 is 0. The molecule has 1 fully saturated rings. The number of hydrogen-bond donors (Lipinski definition) is 2.